The fourth-order valence-corrected chi connectivity index (χ4v) is 3.33. The molecule has 1 saturated heterocycles. The first kappa shape index (κ1) is 19.3. The molecule has 4 nitrogen and oxygen atoms in total. The number of carbonyl (C=O) groups excluding carboxylic acids is 1. The molecular weight excluding hydrogens is 338 g/mol. The molecule has 1 aliphatic heterocycles. The Morgan fingerprint density at radius 3 is 2.63 bits per heavy atom. The van der Waals surface area contributed by atoms with Gasteiger partial charge in [0, 0.05) is 30.8 Å². The molecule has 3 rings (SSSR count). The van der Waals surface area contributed by atoms with Crippen LogP contribution in [0.15, 0.2) is 42.5 Å². The monoisotopic (exact) mass is 365 g/mol. The van der Waals surface area contributed by atoms with E-state index in [1.54, 1.807) is 13.2 Å². The molecule has 2 aromatic rings. The number of hydrogen-bond donors (Lipinski definition) is 0. The molecular formula is C23H27NO3. The molecule has 0 saturated carbocycles. The predicted molar refractivity (Wildman–Crippen MR) is 108 cm³/mol. The minimum atomic E-state index is 0.000792. The van der Waals surface area contributed by atoms with Crippen LogP contribution in [-0.4, -0.2) is 44.1 Å². The summed E-state index contributed by atoms with van der Waals surface area (Å²) in [5.41, 5.74) is 5.17. The molecule has 0 N–H and O–H groups in total. The summed E-state index contributed by atoms with van der Waals surface area (Å²) in [6.45, 7) is 8.18. The largest absolute Gasteiger partial charge is 0.496 e. The molecule has 0 aliphatic carbocycles. The number of aryl methyl sites for hydroxylation is 2. The average Bonchev–Trinajstić information content (AvgIpc) is 2.68. The number of hydrogen-bond acceptors (Lipinski definition) is 4. The van der Waals surface area contributed by atoms with Crippen LogP contribution in [0, 0.1) is 13.8 Å². The quantitative estimate of drug-likeness (QED) is 0.572. The lowest BCUT2D eigenvalue weighted by Crippen LogP contribution is -2.35. The van der Waals surface area contributed by atoms with Gasteiger partial charge in [0.05, 0.1) is 20.3 Å². The summed E-state index contributed by atoms with van der Waals surface area (Å²) < 4.78 is 10.9. The van der Waals surface area contributed by atoms with E-state index in [2.05, 4.69) is 30.9 Å². The van der Waals surface area contributed by atoms with Gasteiger partial charge in [-0.3, -0.25) is 9.69 Å². The first-order valence-electron chi connectivity index (χ1n) is 9.33. The summed E-state index contributed by atoms with van der Waals surface area (Å²) in [5, 5.41) is 0. The molecule has 27 heavy (non-hydrogen) atoms. The molecule has 1 heterocycles. The fraction of sp³-hybridized carbons (Fsp3) is 0.348. The zero-order valence-corrected chi connectivity index (χ0v) is 16.3. The summed E-state index contributed by atoms with van der Waals surface area (Å²) in [5.74, 6) is 0.817. The van der Waals surface area contributed by atoms with Crippen molar-refractivity contribution in [3.8, 4) is 5.75 Å². The van der Waals surface area contributed by atoms with Gasteiger partial charge in [0.15, 0.2) is 5.78 Å². The maximum absolute atomic E-state index is 12.7. The average molecular weight is 365 g/mol. The number of methoxy groups -OCH3 is 1. The molecule has 0 spiro atoms. The molecule has 1 fully saturated rings. The SMILES string of the molecule is COc1ccc(C(=O)/C=C/c2ccc(C)cc2C)cc1CN1CCOCC1. The third kappa shape index (κ3) is 5.06. The number of nitrogens with zero attached hydrogens (tertiary/aromatic N) is 1. The van der Waals surface area contributed by atoms with Crippen molar-refractivity contribution in [2.45, 2.75) is 20.4 Å². The Balaban J connectivity index is 1.77. The van der Waals surface area contributed by atoms with Crippen molar-refractivity contribution in [2.75, 3.05) is 33.4 Å². The standard InChI is InChI=1S/C23H27NO3/c1-17-4-5-19(18(2)14-17)6-8-22(25)20-7-9-23(26-3)21(15-20)16-24-10-12-27-13-11-24/h4-9,14-15H,10-13,16H2,1-3H3/b8-6+. The number of ether oxygens (including phenoxy) is 2. The number of allylic oxidation sites excluding steroid dienone is 1. The molecule has 1 aliphatic rings. The predicted octanol–water partition coefficient (Wildman–Crippen LogP) is 4.04. The van der Waals surface area contributed by atoms with Crippen molar-refractivity contribution in [3.05, 3.63) is 70.3 Å². The van der Waals surface area contributed by atoms with E-state index in [0.29, 0.717) is 5.56 Å². The van der Waals surface area contributed by atoms with Crippen molar-refractivity contribution >= 4 is 11.9 Å². The van der Waals surface area contributed by atoms with Gasteiger partial charge in [-0.2, -0.15) is 0 Å². The molecule has 2 aromatic carbocycles. The van der Waals surface area contributed by atoms with E-state index in [9.17, 15) is 4.79 Å². The second-order valence-electron chi connectivity index (χ2n) is 6.97. The summed E-state index contributed by atoms with van der Waals surface area (Å²) in [4.78, 5) is 15.0. The van der Waals surface area contributed by atoms with Crippen molar-refractivity contribution in [3.63, 3.8) is 0 Å². The van der Waals surface area contributed by atoms with E-state index in [1.807, 2.05) is 30.3 Å². The van der Waals surface area contributed by atoms with E-state index in [4.69, 9.17) is 9.47 Å². The Bertz CT molecular complexity index is 836. The molecule has 0 radical (unpaired) electrons. The van der Waals surface area contributed by atoms with Gasteiger partial charge in [0.2, 0.25) is 0 Å². The highest BCUT2D eigenvalue weighted by Crippen LogP contribution is 2.23. The van der Waals surface area contributed by atoms with Crippen LogP contribution in [-0.2, 0) is 11.3 Å². The summed E-state index contributed by atoms with van der Waals surface area (Å²) in [6, 6.07) is 11.9. The van der Waals surface area contributed by atoms with Crippen LogP contribution >= 0.6 is 0 Å². The lowest BCUT2D eigenvalue weighted by Gasteiger charge is -2.27. The van der Waals surface area contributed by atoms with Gasteiger partial charge >= 0.3 is 0 Å². The van der Waals surface area contributed by atoms with E-state index in [1.165, 1.54) is 11.1 Å². The van der Waals surface area contributed by atoms with Crippen molar-refractivity contribution in [2.24, 2.45) is 0 Å². The first-order valence-corrected chi connectivity index (χ1v) is 9.33. The Kier molecular flexibility index (Phi) is 6.43. The van der Waals surface area contributed by atoms with Crippen LogP contribution in [0.5, 0.6) is 5.75 Å². The fourth-order valence-electron chi connectivity index (χ4n) is 3.33. The van der Waals surface area contributed by atoms with E-state index < -0.39 is 0 Å². The van der Waals surface area contributed by atoms with E-state index in [-0.39, 0.29) is 5.78 Å². The van der Waals surface area contributed by atoms with Crippen LogP contribution in [0.2, 0.25) is 0 Å². The lowest BCUT2D eigenvalue weighted by molar-refractivity contribution is 0.0338. The Labute approximate surface area is 161 Å². The van der Waals surface area contributed by atoms with Crippen LogP contribution in [0.3, 0.4) is 0 Å². The second kappa shape index (κ2) is 8.98. The van der Waals surface area contributed by atoms with Gasteiger partial charge in [-0.1, -0.05) is 29.8 Å². The topological polar surface area (TPSA) is 38.8 Å². The summed E-state index contributed by atoms with van der Waals surface area (Å²) in [6.07, 6.45) is 3.54. The highest BCUT2D eigenvalue weighted by Gasteiger charge is 2.15. The van der Waals surface area contributed by atoms with Crippen LogP contribution in [0.1, 0.15) is 32.6 Å². The molecule has 0 atom stereocenters. The zero-order valence-electron chi connectivity index (χ0n) is 16.3. The molecule has 0 unspecified atom stereocenters. The van der Waals surface area contributed by atoms with Gasteiger partial charge in [-0.25, -0.2) is 0 Å². The minimum absolute atomic E-state index is 0.000792. The molecule has 0 aromatic heterocycles. The Hall–Kier alpha value is -2.43. The van der Waals surface area contributed by atoms with Gasteiger partial charge in [-0.05, 0) is 49.2 Å². The molecule has 0 amide bonds. The normalized spacial score (nSPS) is 15.2. The lowest BCUT2D eigenvalue weighted by atomic mass is 10.0. The van der Waals surface area contributed by atoms with E-state index in [0.717, 1.165) is 49.7 Å². The number of morpholine rings is 1. The maximum atomic E-state index is 12.7. The van der Waals surface area contributed by atoms with Crippen LogP contribution in [0.4, 0.5) is 0 Å². The van der Waals surface area contributed by atoms with Crippen LogP contribution < -0.4 is 4.74 Å². The van der Waals surface area contributed by atoms with Gasteiger partial charge in [-0.15, -0.1) is 0 Å². The van der Waals surface area contributed by atoms with Gasteiger partial charge in [0.25, 0.3) is 0 Å². The minimum Gasteiger partial charge on any atom is -0.496 e. The zero-order chi connectivity index (χ0) is 19.2. The van der Waals surface area contributed by atoms with Gasteiger partial charge in [0.1, 0.15) is 5.75 Å². The Morgan fingerprint density at radius 1 is 1.15 bits per heavy atom. The van der Waals surface area contributed by atoms with Gasteiger partial charge < -0.3 is 9.47 Å². The number of benzene rings is 2. The Morgan fingerprint density at radius 2 is 1.93 bits per heavy atom. The molecule has 0 bridgehead atoms. The molecule has 4 heteroatoms. The summed E-state index contributed by atoms with van der Waals surface area (Å²) in [7, 11) is 1.67. The van der Waals surface area contributed by atoms with Crippen molar-refractivity contribution in [1.82, 2.24) is 4.90 Å². The number of ketones is 1. The van der Waals surface area contributed by atoms with Crippen molar-refractivity contribution in [1.29, 1.82) is 0 Å². The first-order chi connectivity index (χ1) is 13.1. The second-order valence-corrected chi connectivity index (χ2v) is 6.97. The highest BCUT2D eigenvalue weighted by molar-refractivity contribution is 6.07. The number of rotatable bonds is 6. The highest BCUT2D eigenvalue weighted by atomic mass is 16.5. The molecule has 142 valence electrons. The summed E-state index contributed by atoms with van der Waals surface area (Å²) >= 11 is 0. The van der Waals surface area contributed by atoms with Crippen molar-refractivity contribution < 1.29 is 14.3 Å². The number of carbonyl (C=O) groups is 1. The third-order valence-electron chi connectivity index (χ3n) is 4.90. The maximum Gasteiger partial charge on any atom is 0.185 e. The van der Waals surface area contributed by atoms with Crippen LogP contribution in [0.25, 0.3) is 6.08 Å². The van der Waals surface area contributed by atoms with E-state index >= 15 is 0 Å². The third-order valence-corrected chi connectivity index (χ3v) is 4.90. The smallest absolute Gasteiger partial charge is 0.185 e.